The van der Waals surface area contributed by atoms with Crippen molar-refractivity contribution >= 4 is 5.82 Å². The first-order valence-electron chi connectivity index (χ1n) is 6.54. The first-order valence-corrected chi connectivity index (χ1v) is 6.54. The van der Waals surface area contributed by atoms with Gasteiger partial charge < -0.3 is 10.6 Å². The van der Waals surface area contributed by atoms with Gasteiger partial charge in [-0.2, -0.15) is 5.10 Å². The average Bonchev–Trinajstić information content (AvgIpc) is 2.88. The third-order valence-electron chi connectivity index (χ3n) is 3.48. The van der Waals surface area contributed by atoms with Crippen LogP contribution in [0.1, 0.15) is 12.8 Å². The summed E-state index contributed by atoms with van der Waals surface area (Å²) in [5, 5.41) is 7.27. The Labute approximate surface area is 111 Å². The van der Waals surface area contributed by atoms with Gasteiger partial charge in [-0.05, 0) is 25.0 Å². The number of piperidine rings is 1. The van der Waals surface area contributed by atoms with E-state index < -0.39 is 0 Å². The van der Waals surface area contributed by atoms with Crippen LogP contribution < -0.4 is 10.6 Å². The number of nitrogens with zero attached hydrogens (tertiary/aromatic N) is 2. The maximum Gasteiger partial charge on any atom is 0.151 e. The van der Waals surface area contributed by atoms with Crippen LogP contribution in [0.25, 0.3) is 11.3 Å². The van der Waals surface area contributed by atoms with E-state index >= 15 is 0 Å². The van der Waals surface area contributed by atoms with Gasteiger partial charge in [0.05, 0.1) is 5.69 Å². The lowest BCUT2D eigenvalue weighted by Gasteiger charge is -2.30. The molecular formula is C14H17FN4. The number of rotatable bonds is 2. The van der Waals surface area contributed by atoms with E-state index in [1.54, 1.807) is 6.07 Å². The number of benzene rings is 1. The maximum absolute atomic E-state index is 13.2. The van der Waals surface area contributed by atoms with Crippen LogP contribution in [0.15, 0.2) is 30.3 Å². The lowest BCUT2D eigenvalue weighted by molar-refractivity contribution is 0.503. The van der Waals surface area contributed by atoms with E-state index in [4.69, 9.17) is 5.73 Å². The molecule has 0 spiro atoms. The standard InChI is InChI=1S/C14H17FN4/c15-11-4-1-3-10(7-11)13-8-14(18-17-13)19-6-2-5-12(16)9-19/h1,3-4,7-8,12H,2,5-6,9,16H2,(H,17,18). The minimum atomic E-state index is -0.242. The second-order valence-electron chi connectivity index (χ2n) is 5.00. The second kappa shape index (κ2) is 5.01. The molecule has 1 saturated heterocycles. The smallest absolute Gasteiger partial charge is 0.151 e. The summed E-state index contributed by atoms with van der Waals surface area (Å²) in [5.74, 6) is 0.642. The predicted octanol–water partition coefficient (Wildman–Crippen LogP) is 2.14. The molecule has 3 rings (SSSR count). The lowest BCUT2D eigenvalue weighted by atomic mass is 10.1. The fourth-order valence-corrected chi connectivity index (χ4v) is 2.50. The van der Waals surface area contributed by atoms with Crippen molar-refractivity contribution in [1.82, 2.24) is 10.2 Å². The van der Waals surface area contributed by atoms with Crippen LogP contribution in [0, 0.1) is 5.82 Å². The van der Waals surface area contributed by atoms with Gasteiger partial charge in [0, 0.05) is 30.8 Å². The first kappa shape index (κ1) is 12.2. The lowest BCUT2D eigenvalue weighted by Crippen LogP contribution is -2.43. The normalized spacial score (nSPS) is 19.7. The van der Waals surface area contributed by atoms with Crippen LogP contribution in [-0.4, -0.2) is 29.3 Å². The van der Waals surface area contributed by atoms with Gasteiger partial charge in [-0.1, -0.05) is 12.1 Å². The van der Waals surface area contributed by atoms with Crippen molar-refractivity contribution in [1.29, 1.82) is 0 Å². The minimum absolute atomic E-state index is 0.211. The van der Waals surface area contributed by atoms with E-state index in [1.807, 2.05) is 12.1 Å². The van der Waals surface area contributed by atoms with Crippen molar-refractivity contribution in [2.75, 3.05) is 18.0 Å². The van der Waals surface area contributed by atoms with Crippen molar-refractivity contribution in [3.8, 4) is 11.3 Å². The molecule has 1 aliphatic heterocycles. The Balaban J connectivity index is 1.83. The summed E-state index contributed by atoms with van der Waals surface area (Å²) >= 11 is 0. The molecule has 2 heterocycles. The minimum Gasteiger partial charge on any atom is -0.354 e. The SMILES string of the molecule is NC1CCCN(c2cc(-c3cccc(F)c3)[nH]n2)C1. The summed E-state index contributed by atoms with van der Waals surface area (Å²) in [7, 11) is 0. The number of hydrogen-bond donors (Lipinski definition) is 2. The zero-order chi connectivity index (χ0) is 13.2. The van der Waals surface area contributed by atoms with Crippen LogP contribution in [0.4, 0.5) is 10.2 Å². The molecule has 2 aromatic rings. The van der Waals surface area contributed by atoms with Crippen molar-refractivity contribution in [3.05, 3.63) is 36.1 Å². The number of aromatic nitrogens is 2. The molecule has 5 heteroatoms. The molecule has 0 radical (unpaired) electrons. The monoisotopic (exact) mass is 260 g/mol. The highest BCUT2D eigenvalue weighted by Gasteiger charge is 2.19. The molecule has 0 amide bonds. The number of hydrogen-bond acceptors (Lipinski definition) is 3. The summed E-state index contributed by atoms with van der Waals surface area (Å²) in [4.78, 5) is 2.17. The van der Waals surface area contributed by atoms with E-state index in [0.29, 0.717) is 0 Å². The Morgan fingerprint density at radius 2 is 2.26 bits per heavy atom. The van der Waals surface area contributed by atoms with Crippen molar-refractivity contribution in [2.45, 2.75) is 18.9 Å². The fourth-order valence-electron chi connectivity index (χ4n) is 2.50. The molecule has 1 aromatic carbocycles. The summed E-state index contributed by atoms with van der Waals surface area (Å²) < 4.78 is 13.2. The molecule has 0 bridgehead atoms. The Morgan fingerprint density at radius 3 is 3.05 bits per heavy atom. The van der Waals surface area contributed by atoms with E-state index in [-0.39, 0.29) is 11.9 Å². The third kappa shape index (κ3) is 2.61. The summed E-state index contributed by atoms with van der Waals surface area (Å²) in [6.45, 7) is 1.80. The number of aromatic amines is 1. The van der Waals surface area contributed by atoms with E-state index in [0.717, 1.165) is 43.0 Å². The molecule has 3 N–H and O–H groups in total. The Hall–Kier alpha value is -1.88. The molecule has 1 aliphatic rings. The van der Waals surface area contributed by atoms with Gasteiger partial charge in [0.25, 0.3) is 0 Å². The molecule has 1 atom stereocenters. The molecule has 100 valence electrons. The second-order valence-corrected chi connectivity index (χ2v) is 5.00. The number of halogens is 1. The van der Waals surface area contributed by atoms with Crippen molar-refractivity contribution in [3.63, 3.8) is 0 Å². The highest BCUT2D eigenvalue weighted by molar-refractivity contribution is 5.63. The van der Waals surface area contributed by atoms with Gasteiger partial charge in [0.1, 0.15) is 5.82 Å². The van der Waals surface area contributed by atoms with E-state index in [2.05, 4.69) is 15.1 Å². The van der Waals surface area contributed by atoms with Crippen LogP contribution in [0.5, 0.6) is 0 Å². The summed E-state index contributed by atoms with van der Waals surface area (Å²) in [6, 6.07) is 8.66. The predicted molar refractivity (Wildman–Crippen MR) is 73.4 cm³/mol. The summed E-state index contributed by atoms with van der Waals surface area (Å²) in [6.07, 6.45) is 2.15. The third-order valence-corrected chi connectivity index (χ3v) is 3.48. The van der Waals surface area contributed by atoms with Crippen LogP contribution in [0.2, 0.25) is 0 Å². The Kier molecular flexibility index (Phi) is 3.21. The highest BCUT2D eigenvalue weighted by Crippen LogP contribution is 2.24. The Morgan fingerprint density at radius 1 is 1.37 bits per heavy atom. The number of anilines is 1. The van der Waals surface area contributed by atoms with Gasteiger partial charge in [0.15, 0.2) is 5.82 Å². The van der Waals surface area contributed by atoms with Crippen molar-refractivity contribution in [2.24, 2.45) is 5.73 Å². The molecule has 1 aromatic heterocycles. The number of H-pyrrole nitrogens is 1. The Bertz CT molecular complexity index is 566. The topological polar surface area (TPSA) is 57.9 Å². The summed E-state index contributed by atoms with van der Waals surface area (Å²) in [5.41, 5.74) is 7.60. The first-order chi connectivity index (χ1) is 9.22. The van der Waals surface area contributed by atoms with Crippen LogP contribution in [0.3, 0.4) is 0 Å². The zero-order valence-electron chi connectivity index (χ0n) is 10.6. The zero-order valence-corrected chi connectivity index (χ0v) is 10.6. The average molecular weight is 260 g/mol. The molecule has 4 nitrogen and oxygen atoms in total. The quantitative estimate of drug-likeness (QED) is 0.869. The van der Waals surface area contributed by atoms with E-state index in [1.165, 1.54) is 12.1 Å². The van der Waals surface area contributed by atoms with Gasteiger partial charge >= 0.3 is 0 Å². The molecule has 1 unspecified atom stereocenters. The number of nitrogens with one attached hydrogen (secondary N) is 1. The van der Waals surface area contributed by atoms with Gasteiger partial charge in [-0.15, -0.1) is 0 Å². The molecule has 0 saturated carbocycles. The molecule has 0 aliphatic carbocycles. The van der Waals surface area contributed by atoms with Gasteiger partial charge in [-0.25, -0.2) is 4.39 Å². The number of nitrogens with two attached hydrogens (primary N) is 1. The molecular weight excluding hydrogens is 243 g/mol. The largest absolute Gasteiger partial charge is 0.354 e. The van der Waals surface area contributed by atoms with Crippen LogP contribution in [-0.2, 0) is 0 Å². The van der Waals surface area contributed by atoms with Gasteiger partial charge in [-0.3, -0.25) is 5.10 Å². The maximum atomic E-state index is 13.2. The molecule has 1 fully saturated rings. The van der Waals surface area contributed by atoms with E-state index in [9.17, 15) is 4.39 Å². The van der Waals surface area contributed by atoms with Crippen molar-refractivity contribution < 1.29 is 4.39 Å². The fraction of sp³-hybridized carbons (Fsp3) is 0.357. The van der Waals surface area contributed by atoms with Gasteiger partial charge in [0.2, 0.25) is 0 Å². The highest BCUT2D eigenvalue weighted by atomic mass is 19.1. The van der Waals surface area contributed by atoms with Crippen LogP contribution >= 0.6 is 0 Å². The molecule has 19 heavy (non-hydrogen) atoms.